The summed E-state index contributed by atoms with van der Waals surface area (Å²) in [7, 11) is 1.69. The highest BCUT2D eigenvalue weighted by Crippen LogP contribution is 2.00. The maximum atomic E-state index is 11.1. The minimum absolute atomic E-state index is 0.303. The van der Waals surface area contributed by atoms with Gasteiger partial charge in [0.05, 0.1) is 0 Å². The molecule has 2 aromatic rings. The van der Waals surface area contributed by atoms with Crippen molar-refractivity contribution in [2.45, 2.75) is 0 Å². The third-order valence-electron chi connectivity index (χ3n) is 1.42. The number of imidazole rings is 1. The van der Waals surface area contributed by atoms with Gasteiger partial charge in [0.2, 0.25) is 11.8 Å². The van der Waals surface area contributed by atoms with Gasteiger partial charge in [0.15, 0.2) is 7.05 Å². The number of rotatable bonds is 0. The molecule has 0 atom stereocenters. The van der Waals surface area contributed by atoms with Crippen LogP contribution in [0, 0.1) is 0 Å². The highest BCUT2D eigenvalue weighted by molar-refractivity contribution is 5.33. The minimum Gasteiger partial charge on any atom is -0.841 e. The molecule has 0 saturated heterocycles. The molecule has 56 valence electrons. The highest BCUT2D eigenvalue weighted by Gasteiger charge is 2.00. The first-order chi connectivity index (χ1) is 5.27. The maximum Gasteiger partial charge on any atom is 0.239 e. The molecule has 0 spiro atoms. The molecular weight excluding hydrogens is 144 g/mol. The lowest BCUT2D eigenvalue weighted by Crippen LogP contribution is -2.34. The molecule has 2 aromatic heterocycles. The van der Waals surface area contributed by atoms with E-state index in [-0.39, 0.29) is 6.01 Å². The Morgan fingerprint density at radius 1 is 1.64 bits per heavy atom. The monoisotopic (exact) mass is 150 g/mol. The fourth-order valence-electron chi connectivity index (χ4n) is 0.951. The Kier molecular flexibility index (Phi) is 1.06. The molecule has 0 aromatic carbocycles. The summed E-state index contributed by atoms with van der Waals surface area (Å²) in [6, 6.07) is -0.303. The molecule has 0 aliphatic carbocycles. The summed E-state index contributed by atoms with van der Waals surface area (Å²) in [5.41, 5.74) is 0.618. The highest BCUT2D eigenvalue weighted by atomic mass is 16.3. The van der Waals surface area contributed by atoms with Crippen molar-refractivity contribution in [3.63, 3.8) is 0 Å². The van der Waals surface area contributed by atoms with Gasteiger partial charge in [-0.05, 0) is 0 Å². The second-order valence-corrected chi connectivity index (χ2v) is 2.24. The third kappa shape index (κ3) is 0.813. The fraction of sp³-hybridized carbons (Fsp3) is 0.167. The van der Waals surface area contributed by atoms with E-state index >= 15 is 0 Å². The van der Waals surface area contributed by atoms with Gasteiger partial charge in [-0.15, -0.1) is 0 Å². The Balaban J connectivity index is 2.91. The number of hydrogen-bond donors (Lipinski definition) is 0. The number of nitrogens with zero attached hydrogens (tertiary/aromatic N) is 4. The van der Waals surface area contributed by atoms with E-state index in [0.717, 1.165) is 0 Å². The Labute approximate surface area is 62.5 Å². The van der Waals surface area contributed by atoms with Gasteiger partial charge >= 0.3 is 0 Å². The van der Waals surface area contributed by atoms with Crippen molar-refractivity contribution >= 4 is 5.65 Å². The molecular formula is C6H6N4O. The average molecular weight is 150 g/mol. The first kappa shape index (κ1) is 6.09. The zero-order valence-corrected chi connectivity index (χ0v) is 5.93. The van der Waals surface area contributed by atoms with Crippen LogP contribution in [-0.4, -0.2) is 14.5 Å². The first-order valence-electron chi connectivity index (χ1n) is 3.14. The van der Waals surface area contributed by atoms with E-state index in [1.807, 2.05) is 0 Å². The fourth-order valence-corrected chi connectivity index (χ4v) is 0.951. The van der Waals surface area contributed by atoms with Crippen molar-refractivity contribution in [3.05, 3.63) is 18.6 Å². The summed E-state index contributed by atoms with van der Waals surface area (Å²) in [4.78, 5) is 3.94. The molecule has 0 aliphatic heterocycles. The topological polar surface area (TPSA) is 57.1 Å². The third-order valence-corrected chi connectivity index (χ3v) is 1.42. The van der Waals surface area contributed by atoms with Crippen molar-refractivity contribution in [3.8, 4) is 6.01 Å². The molecule has 11 heavy (non-hydrogen) atoms. The van der Waals surface area contributed by atoms with Gasteiger partial charge < -0.3 is 5.11 Å². The van der Waals surface area contributed by atoms with E-state index in [4.69, 9.17) is 0 Å². The molecule has 0 saturated carbocycles. The SMILES string of the molecule is C[n+]1cc2nccn2c([O-])n1. The number of aromatic nitrogens is 4. The molecule has 0 aliphatic rings. The Bertz CT molecular complexity index is 394. The summed E-state index contributed by atoms with van der Waals surface area (Å²) >= 11 is 0. The number of fused-ring (bicyclic) bond motifs is 1. The largest absolute Gasteiger partial charge is 0.841 e. The maximum absolute atomic E-state index is 11.1. The van der Waals surface area contributed by atoms with Gasteiger partial charge in [-0.2, -0.15) is 0 Å². The molecule has 5 nitrogen and oxygen atoms in total. The average Bonchev–Trinajstić information content (AvgIpc) is 2.34. The number of aryl methyl sites for hydroxylation is 1. The van der Waals surface area contributed by atoms with Gasteiger partial charge in [-0.3, -0.25) is 4.40 Å². The molecule has 0 radical (unpaired) electrons. The van der Waals surface area contributed by atoms with Gasteiger partial charge in [0.1, 0.15) is 6.01 Å². The summed E-state index contributed by atoms with van der Waals surface area (Å²) < 4.78 is 2.84. The molecule has 2 heterocycles. The van der Waals surface area contributed by atoms with Crippen molar-refractivity contribution in [2.24, 2.45) is 7.05 Å². The van der Waals surface area contributed by atoms with Crippen LogP contribution in [0.25, 0.3) is 5.65 Å². The van der Waals surface area contributed by atoms with E-state index in [0.29, 0.717) is 5.65 Å². The summed E-state index contributed by atoms with van der Waals surface area (Å²) in [5, 5.41) is 14.7. The predicted octanol–water partition coefficient (Wildman–Crippen LogP) is -1.37. The van der Waals surface area contributed by atoms with E-state index in [1.54, 1.807) is 25.6 Å². The Hall–Kier alpha value is -1.65. The van der Waals surface area contributed by atoms with Crippen molar-refractivity contribution in [1.29, 1.82) is 0 Å². The van der Waals surface area contributed by atoms with Crippen LogP contribution in [-0.2, 0) is 7.05 Å². The van der Waals surface area contributed by atoms with Crippen LogP contribution in [0.3, 0.4) is 0 Å². The lowest BCUT2D eigenvalue weighted by atomic mass is 10.7. The minimum atomic E-state index is -0.303. The van der Waals surface area contributed by atoms with Crippen molar-refractivity contribution in [1.82, 2.24) is 14.5 Å². The summed E-state index contributed by atoms with van der Waals surface area (Å²) in [6.07, 6.45) is 4.84. The lowest BCUT2D eigenvalue weighted by molar-refractivity contribution is -0.734. The molecule has 5 heteroatoms. The van der Waals surface area contributed by atoms with Crippen LogP contribution in [0.2, 0.25) is 0 Å². The molecule has 0 N–H and O–H groups in total. The molecule has 2 rings (SSSR count). The van der Waals surface area contributed by atoms with Gasteiger partial charge in [0.25, 0.3) is 0 Å². The predicted molar refractivity (Wildman–Crippen MR) is 33.6 cm³/mol. The zero-order valence-electron chi connectivity index (χ0n) is 5.93. The Morgan fingerprint density at radius 3 is 3.27 bits per heavy atom. The van der Waals surface area contributed by atoms with Crippen molar-refractivity contribution in [2.75, 3.05) is 0 Å². The van der Waals surface area contributed by atoms with Crippen molar-refractivity contribution < 1.29 is 9.79 Å². The van der Waals surface area contributed by atoms with Crippen LogP contribution in [0.4, 0.5) is 0 Å². The quantitative estimate of drug-likeness (QED) is 0.435. The van der Waals surface area contributed by atoms with E-state index in [1.165, 1.54) is 9.08 Å². The zero-order chi connectivity index (χ0) is 7.84. The van der Waals surface area contributed by atoms with Crippen LogP contribution < -0.4 is 9.79 Å². The molecule has 0 unspecified atom stereocenters. The second kappa shape index (κ2) is 1.91. The molecule has 0 fully saturated rings. The van der Waals surface area contributed by atoms with Crippen LogP contribution in [0.5, 0.6) is 6.01 Å². The van der Waals surface area contributed by atoms with Crippen LogP contribution in [0.1, 0.15) is 0 Å². The lowest BCUT2D eigenvalue weighted by Gasteiger charge is -2.01. The Morgan fingerprint density at radius 2 is 2.45 bits per heavy atom. The normalized spacial score (nSPS) is 10.6. The van der Waals surface area contributed by atoms with E-state index < -0.39 is 0 Å². The van der Waals surface area contributed by atoms with Gasteiger partial charge in [-0.1, -0.05) is 4.68 Å². The van der Waals surface area contributed by atoms with Crippen LogP contribution in [0.15, 0.2) is 18.6 Å². The standard InChI is InChI=1S/C6H6N4O/c1-9-4-5-7-2-3-10(5)6(11)8-9/h2-4H,1H3. The van der Waals surface area contributed by atoms with Gasteiger partial charge in [-0.25, -0.2) is 4.98 Å². The van der Waals surface area contributed by atoms with Crippen LogP contribution >= 0.6 is 0 Å². The second-order valence-electron chi connectivity index (χ2n) is 2.24. The van der Waals surface area contributed by atoms with Gasteiger partial charge in [0, 0.05) is 17.5 Å². The molecule has 0 amide bonds. The smallest absolute Gasteiger partial charge is 0.239 e. The summed E-state index contributed by atoms with van der Waals surface area (Å²) in [5.74, 6) is 0. The summed E-state index contributed by atoms with van der Waals surface area (Å²) in [6.45, 7) is 0. The van der Waals surface area contributed by atoms with E-state index in [9.17, 15) is 5.11 Å². The molecule has 0 bridgehead atoms. The number of hydrogen-bond acceptors (Lipinski definition) is 3. The van der Waals surface area contributed by atoms with E-state index in [2.05, 4.69) is 10.1 Å². The first-order valence-corrected chi connectivity index (χ1v) is 3.14.